The number of carbonyl (C=O) groups is 3. The third-order valence-corrected chi connectivity index (χ3v) is 5.60. The van der Waals surface area contributed by atoms with Gasteiger partial charge in [0.15, 0.2) is 11.9 Å². The van der Waals surface area contributed by atoms with E-state index in [1.807, 2.05) is 0 Å². The molecule has 0 saturated carbocycles. The van der Waals surface area contributed by atoms with Gasteiger partial charge in [-0.3, -0.25) is 14.9 Å². The lowest BCUT2D eigenvalue weighted by molar-refractivity contribution is -0.137. The van der Waals surface area contributed by atoms with Gasteiger partial charge < -0.3 is 19.5 Å². The molecule has 2 fully saturated rings. The number of anilines is 1. The van der Waals surface area contributed by atoms with Gasteiger partial charge in [0.2, 0.25) is 0 Å². The molecule has 11 heteroatoms. The minimum atomic E-state index is -4.49. The van der Waals surface area contributed by atoms with Crippen molar-refractivity contribution in [3.05, 3.63) is 65.2 Å². The van der Waals surface area contributed by atoms with E-state index in [4.69, 9.17) is 14.2 Å². The van der Waals surface area contributed by atoms with E-state index in [1.165, 1.54) is 6.92 Å². The number of nitrogens with one attached hydrogen (secondary N) is 2. The lowest BCUT2D eigenvalue weighted by atomic mass is 10.1. The van der Waals surface area contributed by atoms with E-state index in [2.05, 4.69) is 10.6 Å². The van der Waals surface area contributed by atoms with Crippen LogP contribution in [0.25, 0.3) is 0 Å². The van der Waals surface area contributed by atoms with Crippen LogP contribution in [0.5, 0.6) is 0 Å². The van der Waals surface area contributed by atoms with Crippen LogP contribution in [0.15, 0.2) is 48.5 Å². The molecule has 8 nitrogen and oxygen atoms in total. The summed E-state index contributed by atoms with van der Waals surface area (Å²) in [7, 11) is 0. The summed E-state index contributed by atoms with van der Waals surface area (Å²) < 4.78 is 54.8. The van der Waals surface area contributed by atoms with Crippen molar-refractivity contribution in [3.63, 3.8) is 0 Å². The monoisotopic (exact) mass is 478 g/mol. The molecule has 34 heavy (non-hydrogen) atoms. The fraction of sp³-hybridized carbons (Fsp3) is 0.348. The molecule has 2 aromatic carbocycles. The van der Waals surface area contributed by atoms with Crippen molar-refractivity contribution in [1.29, 1.82) is 0 Å². The zero-order chi connectivity index (χ0) is 24.5. The number of fused-ring (bicyclic) bond motifs is 1. The van der Waals surface area contributed by atoms with Crippen molar-refractivity contribution in [2.75, 3.05) is 18.5 Å². The second-order valence-electron chi connectivity index (χ2n) is 7.95. The Morgan fingerprint density at radius 3 is 2.15 bits per heavy atom. The molecule has 180 valence electrons. The Bertz CT molecular complexity index is 1070. The fourth-order valence-corrected chi connectivity index (χ4v) is 3.82. The maximum absolute atomic E-state index is 12.7. The fourth-order valence-electron chi connectivity index (χ4n) is 3.82. The molecule has 0 aliphatic carbocycles. The Kier molecular flexibility index (Phi) is 6.58. The van der Waals surface area contributed by atoms with Crippen LogP contribution in [0.1, 0.15) is 33.2 Å². The van der Waals surface area contributed by atoms with Crippen LogP contribution in [0.4, 0.5) is 23.7 Å². The van der Waals surface area contributed by atoms with E-state index in [9.17, 15) is 27.6 Å². The third-order valence-electron chi connectivity index (χ3n) is 5.60. The van der Waals surface area contributed by atoms with Crippen molar-refractivity contribution in [3.8, 4) is 0 Å². The molecule has 2 amide bonds. The summed E-state index contributed by atoms with van der Waals surface area (Å²) in [6.45, 7) is 1.59. The van der Waals surface area contributed by atoms with Gasteiger partial charge in [-0.2, -0.15) is 13.2 Å². The number of hydrogen-bond acceptors (Lipinski definition) is 6. The molecular weight excluding hydrogens is 457 g/mol. The number of carbonyl (C=O) groups excluding carboxylic acids is 3. The number of rotatable bonds is 5. The lowest BCUT2D eigenvalue weighted by Crippen LogP contribution is -2.44. The topological polar surface area (TPSA) is 103 Å². The molecule has 2 N–H and O–H groups in total. The summed E-state index contributed by atoms with van der Waals surface area (Å²) in [5.41, 5.74) is 0.173. The van der Waals surface area contributed by atoms with Crippen molar-refractivity contribution in [1.82, 2.24) is 5.32 Å². The zero-order valence-electron chi connectivity index (χ0n) is 17.9. The van der Waals surface area contributed by atoms with Gasteiger partial charge in [-0.25, -0.2) is 4.79 Å². The van der Waals surface area contributed by atoms with E-state index in [0.717, 1.165) is 24.3 Å². The maximum Gasteiger partial charge on any atom is 0.416 e. The summed E-state index contributed by atoms with van der Waals surface area (Å²) in [4.78, 5) is 36.0. The molecule has 2 saturated heterocycles. The number of ketones is 1. The van der Waals surface area contributed by atoms with Crippen LogP contribution in [0, 0.1) is 0 Å². The van der Waals surface area contributed by atoms with Crippen LogP contribution >= 0.6 is 0 Å². The lowest BCUT2D eigenvalue weighted by Gasteiger charge is -2.18. The number of hydrogen-bond donors (Lipinski definition) is 2. The van der Waals surface area contributed by atoms with Gasteiger partial charge >= 0.3 is 12.3 Å². The standard InChI is InChI=1S/C23H21F3N2O6/c1-12(29)13-4-8-16(9-5-13)27-22(31)34-18-11-33-19-17(10-32-20(18)19)28-21(30)14-2-6-15(7-3-14)23(24,25)26/h2-9,17-20H,10-11H2,1H3,(H,27,31)(H,28,30)/t17-,18+,19+,20+/m0/s1. The van der Waals surface area contributed by atoms with Crippen LogP contribution in [0.2, 0.25) is 0 Å². The summed E-state index contributed by atoms with van der Waals surface area (Å²) in [5.74, 6) is -0.663. The van der Waals surface area contributed by atoms with E-state index in [1.54, 1.807) is 24.3 Å². The first-order chi connectivity index (χ1) is 16.1. The molecule has 0 unspecified atom stereocenters. The van der Waals surface area contributed by atoms with Gasteiger partial charge in [0.25, 0.3) is 5.91 Å². The normalized spacial score (nSPS) is 23.8. The molecule has 2 aliphatic rings. The molecule has 0 bridgehead atoms. The maximum atomic E-state index is 12.7. The summed E-state index contributed by atoms with van der Waals surface area (Å²) in [6, 6.07) is 9.62. The highest BCUT2D eigenvalue weighted by atomic mass is 19.4. The van der Waals surface area contributed by atoms with E-state index in [-0.39, 0.29) is 24.6 Å². The molecule has 2 aliphatic heterocycles. The third kappa shape index (κ3) is 5.20. The molecule has 0 spiro atoms. The van der Waals surface area contributed by atoms with Crippen molar-refractivity contribution < 1.29 is 41.8 Å². The second-order valence-corrected chi connectivity index (χ2v) is 7.95. The number of halogens is 3. The molecule has 0 radical (unpaired) electrons. The van der Waals surface area contributed by atoms with Crippen LogP contribution in [-0.4, -0.2) is 55.4 Å². The number of Topliss-reactive ketones (excluding diaryl/α,β-unsaturated/α-hetero) is 1. The SMILES string of the molecule is CC(=O)c1ccc(NC(=O)O[C@@H]2CO[C@H]3[C@@H]2OC[C@@H]3NC(=O)c2ccc(C(F)(F)F)cc2)cc1. The van der Waals surface area contributed by atoms with Crippen molar-refractivity contribution in [2.24, 2.45) is 0 Å². The van der Waals surface area contributed by atoms with Gasteiger partial charge in [0, 0.05) is 16.8 Å². The first kappa shape index (κ1) is 23.7. The predicted octanol–water partition coefficient (Wildman–Crippen LogP) is 3.42. The van der Waals surface area contributed by atoms with Crippen LogP contribution in [-0.2, 0) is 20.4 Å². The summed E-state index contributed by atoms with van der Waals surface area (Å²) in [6.07, 6.45) is -7.12. The van der Waals surface area contributed by atoms with E-state index in [0.29, 0.717) is 11.3 Å². The highest BCUT2D eigenvalue weighted by Gasteiger charge is 2.50. The Morgan fingerprint density at radius 2 is 1.53 bits per heavy atom. The largest absolute Gasteiger partial charge is 0.441 e. The molecule has 2 aromatic rings. The first-order valence-corrected chi connectivity index (χ1v) is 10.4. The van der Waals surface area contributed by atoms with Crippen LogP contribution in [0.3, 0.4) is 0 Å². The highest BCUT2D eigenvalue weighted by molar-refractivity contribution is 5.95. The molecule has 4 rings (SSSR count). The first-order valence-electron chi connectivity index (χ1n) is 10.4. The number of alkyl halides is 3. The number of amides is 2. The number of benzene rings is 2. The molecular formula is C23H21F3N2O6. The minimum absolute atomic E-state index is 0.0542. The Labute approximate surface area is 192 Å². The van der Waals surface area contributed by atoms with E-state index >= 15 is 0 Å². The van der Waals surface area contributed by atoms with Crippen molar-refractivity contribution >= 4 is 23.5 Å². The highest BCUT2D eigenvalue weighted by Crippen LogP contribution is 2.31. The van der Waals surface area contributed by atoms with Gasteiger partial charge in [-0.15, -0.1) is 0 Å². The Morgan fingerprint density at radius 1 is 0.912 bits per heavy atom. The van der Waals surface area contributed by atoms with Gasteiger partial charge in [0.05, 0.1) is 24.8 Å². The summed E-state index contributed by atoms with van der Waals surface area (Å²) in [5, 5.41) is 5.26. The second kappa shape index (κ2) is 9.43. The van der Waals surface area contributed by atoms with Gasteiger partial charge in [-0.1, -0.05) is 0 Å². The molecule has 2 heterocycles. The summed E-state index contributed by atoms with van der Waals surface area (Å²) >= 11 is 0. The average Bonchev–Trinajstić information content (AvgIpc) is 3.37. The van der Waals surface area contributed by atoms with Gasteiger partial charge in [0.1, 0.15) is 12.2 Å². The van der Waals surface area contributed by atoms with Gasteiger partial charge in [-0.05, 0) is 55.5 Å². The van der Waals surface area contributed by atoms with Crippen LogP contribution < -0.4 is 10.6 Å². The molecule has 0 aromatic heterocycles. The predicted molar refractivity (Wildman–Crippen MR) is 113 cm³/mol. The van der Waals surface area contributed by atoms with E-state index < -0.39 is 48.1 Å². The van der Waals surface area contributed by atoms with Crippen molar-refractivity contribution in [2.45, 2.75) is 37.5 Å². The smallest absolute Gasteiger partial charge is 0.416 e. The average molecular weight is 478 g/mol. The number of ether oxygens (including phenoxy) is 3. The molecule has 4 atom stereocenters. The quantitative estimate of drug-likeness (QED) is 0.639. The zero-order valence-corrected chi connectivity index (χ0v) is 17.9. The Hall–Kier alpha value is -3.44. The minimum Gasteiger partial charge on any atom is -0.441 e. The Balaban J connectivity index is 1.30.